The molecule has 0 amide bonds. The van der Waals surface area contributed by atoms with E-state index < -0.39 is 17.2 Å². The molecule has 0 saturated heterocycles. The number of ether oxygens (including phenoxy) is 1. The number of hydrogen-bond acceptors (Lipinski definition) is 3. The smallest absolute Gasteiger partial charge is 0.314 e. The van der Waals surface area contributed by atoms with E-state index in [9.17, 15) is 14.3 Å². The van der Waals surface area contributed by atoms with E-state index in [0.717, 1.165) is 6.07 Å². The molecule has 1 aliphatic carbocycles. The van der Waals surface area contributed by atoms with Crippen LogP contribution in [0.5, 0.6) is 11.5 Å². The van der Waals surface area contributed by atoms with Crippen molar-refractivity contribution in [3.8, 4) is 11.5 Å². The minimum atomic E-state index is -1.02. The van der Waals surface area contributed by atoms with Crippen LogP contribution in [0, 0.1) is 5.82 Å². The molecule has 0 aliphatic heterocycles. The van der Waals surface area contributed by atoms with Crippen molar-refractivity contribution in [2.75, 3.05) is 7.11 Å². The van der Waals surface area contributed by atoms with Gasteiger partial charge in [-0.3, -0.25) is 4.79 Å². The number of phenolic OH excluding ortho intramolecular Hbond substituents is 1. The summed E-state index contributed by atoms with van der Waals surface area (Å²) < 4.78 is 18.1. The number of benzene rings is 1. The van der Waals surface area contributed by atoms with Gasteiger partial charge in [-0.05, 0) is 30.5 Å². The lowest BCUT2D eigenvalue weighted by Gasteiger charge is -2.12. The summed E-state index contributed by atoms with van der Waals surface area (Å²) in [7, 11) is 1.24. The van der Waals surface area contributed by atoms with Crippen LogP contribution >= 0.6 is 0 Å². The van der Waals surface area contributed by atoms with Crippen LogP contribution in [0.1, 0.15) is 18.4 Å². The van der Waals surface area contributed by atoms with E-state index in [1.54, 1.807) is 0 Å². The highest BCUT2D eigenvalue weighted by Crippen LogP contribution is 2.50. The van der Waals surface area contributed by atoms with Crippen LogP contribution in [0.25, 0.3) is 0 Å². The van der Waals surface area contributed by atoms with Crippen molar-refractivity contribution in [1.82, 2.24) is 0 Å². The lowest BCUT2D eigenvalue weighted by atomic mass is 9.95. The van der Waals surface area contributed by atoms with Crippen molar-refractivity contribution in [2.45, 2.75) is 18.3 Å². The van der Waals surface area contributed by atoms with Crippen LogP contribution in [-0.4, -0.2) is 23.3 Å². The van der Waals surface area contributed by atoms with Gasteiger partial charge in [-0.15, -0.1) is 0 Å². The lowest BCUT2D eigenvalue weighted by molar-refractivity contribution is -0.140. The first-order valence-corrected chi connectivity index (χ1v) is 4.81. The first-order chi connectivity index (χ1) is 7.51. The number of rotatable bonds is 3. The maximum Gasteiger partial charge on any atom is 0.314 e. The molecule has 1 aromatic rings. The van der Waals surface area contributed by atoms with Crippen molar-refractivity contribution in [3.63, 3.8) is 0 Å². The SMILES string of the molecule is COc1c(O)cc(C2(C(=O)O)CC2)cc1F. The Morgan fingerprint density at radius 3 is 2.50 bits per heavy atom. The van der Waals surface area contributed by atoms with Crippen molar-refractivity contribution < 1.29 is 24.1 Å². The number of methoxy groups -OCH3 is 1. The molecule has 86 valence electrons. The minimum absolute atomic E-state index is 0.259. The summed E-state index contributed by atoms with van der Waals surface area (Å²) in [5.74, 6) is -2.36. The van der Waals surface area contributed by atoms with E-state index >= 15 is 0 Å². The summed E-state index contributed by atoms with van der Waals surface area (Å²) >= 11 is 0. The first kappa shape index (κ1) is 10.7. The second kappa shape index (κ2) is 3.37. The Labute approximate surface area is 91.3 Å². The Bertz CT molecular complexity index is 428. The van der Waals surface area contributed by atoms with Gasteiger partial charge in [0.2, 0.25) is 0 Å². The molecule has 0 heterocycles. The van der Waals surface area contributed by atoms with E-state index in [1.165, 1.54) is 13.2 Å². The number of carboxylic acid groups (broad SMARTS) is 1. The molecular formula is C11H11FO4. The first-order valence-electron chi connectivity index (χ1n) is 4.81. The molecule has 0 unspecified atom stereocenters. The van der Waals surface area contributed by atoms with Crippen LogP contribution in [0.2, 0.25) is 0 Å². The number of carboxylic acids is 1. The predicted molar refractivity (Wildman–Crippen MR) is 53.2 cm³/mol. The summed E-state index contributed by atoms with van der Waals surface area (Å²) in [4.78, 5) is 11.0. The average molecular weight is 226 g/mol. The second-order valence-corrected chi connectivity index (χ2v) is 3.90. The highest BCUT2D eigenvalue weighted by atomic mass is 19.1. The number of halogens is 1. The van der Waals surface area contributed by atoms with Gasteiger partial charge in [0.25, 0.3) is 0 Å². The van der Waals surface area contributed by atoms with Crippen molar-refractivity contribution >= 4 is 5.97 Å². The molecule has 5 heteroatoms. The van der Waals surface area contributed by atoms with Crippen molar-refractivity contribution in [2.24, 2.45) is 0 Å². The molecule has 1 saturated carbocycles. The van der Waals surface area contributed by atoms with Crippen LogP contribution in [0.15, 0.2) is 12.1 Å². The van der Waals surface area contributed by atoms with Gasteiger partial charge in [0, 0.05) is 0 Å². The maximum absolute atomic E-state index is 13.5. The van der Waals surface area contributed by atoms with Crippen LogP contribution in [-0.2, 0) is 10.2 Å². The standard InChI is InChI=1S/C11H11FO4/c1-16-9-7(12)4-6(5-8(9)13)11(2-3-11)10(14)15/h4-5,13H,2-3H2,1H3,(H,14,15). The number of hydrogen-bond donors (Lipinski definition) is 2. The zero-order valence-electron chi connectivity index (χ0n) is 8.66. The molecule has 2 N–H and O–H groups in total. The Hall–Kier alpha value is -1.78. The van der Waals surface area contributed by atoms with E-state index in [1.807, 2.05) is 0 Å². The predicted octanol–water partition coefficient (Wildman–Crippen LogP) is 1.66. The fourth-order valence-corrected chi connectivity index (χ4v) is 1.81. The highest BCUT2D eigenvalue weighted by Gasteiger charge is 2.52. The Morgan fingerprint density at radius 2 is 2.12 bits per heavy atom. The van der Waals surface area contributed by atoms with E-state index in [4.69, 9.17) is 5.11 Å². The van der Waals surface area contributed by atoms with Gasteiger partial charge >= 0.3 is 5.97 Å². The molecule has 2 rings (SSSR count). The number of aromatic hydroxyl groups is 1. The largest absolute Gasteiger partial charge is 0.504 e. The van der Waals surface area contributed by atoms with Gasteiger partial charge in [-0.1, -0.05) is 0 Å². The zero-order chi connectivity index (χ0) is 11.9. The molecule has 0 spiro atoms. The third-order valence-corrected chi connectivity index (χ3v) is 2.94. The van der Waals surface area contributed by atoms with Gasteiger partial charge in [-0.25, -0.2) is 4.39 Å². The molecule has 4 nitrogen and oxygen atoms in total. The average Bonchev–Trinajstić information content (AvgIpc) is 2.97. The molecular weight excluding hydrogens is 215 g/mol. The summed E-state index contributed by atoms with van der Waals surface area (Å²) in [6.45, 7) is 0. The summed E-state index contributed by atoms with van der Waals surface area (Å²) in [6, 6.07) is 2.36. The topological polar surface area (TPSA) is 66.8 Å². The number of carbonyl (C=O) groups is 1. The molecule has 1 aromatic carbocycles. The van der Waals surface area contributed by atoms with Crippen molar-refractivity contribution in [3.05, 3.63) is 23.5 Å². The van der Waals surface area contributed by atoms with Crippen LogP contribution in [0.4, 0.5) is 4.39 Å². The Kier molecular flexibility index (Phi) is 2.26. The maximum atomic E-state index is 13.5. The molecule has 0 bridgehead atoms. The van der Waals surface area contributed by atoms with Crippen molar-refractivity contribution in [1.29, 1.82) is 0 Å². The molecule has 1 fully saturated rings. The molecule has 0 atom stereocenters. The molecule has 0 aromatic heterocycles. The van der Waals surface area contributed by atoms with E-state index in [-0.39, 0.29) is 17.1 Å². The summed E-state index contributed by atoms with van der Waals surface area (Å²) in [6.07, 6.45) is 0.932. The third kappa shape index (κ3) is 1.39. The van der Waals surface area contributed by atoms with Gasteiger partial charge in [0.15, 0.2) is 17.3 Å². The number of aliphatic carboxylic acids is 1. The monoisotopic (exact) mass is 226 g/mol. The summed E-state index contributed by atoms with van der Waals surface area (Å²) in [5, 5.41) is 18.5. The van der Waals surface area contributed by atoms with Crippen LogP contribution in [0.3, 0.4) is 0 Å². The Balaban J connectivity index is 2.49. The molecule has 0 radical (unpaired) electrons. The second-order valence-electron chi connectivity index (χ2n) is 3.90. The highest BCUT2D eigenvalue weighted by molar-refractivity contribution is 5.85. The molecule has 1 aliphatic rings. The Morgan fingerprint density at radius 1 is 1.50 bits per heavy atom. The third-order valence-electron chi connectivity index (χ3n) is 2.94. The fourth-order valence-electron chi connectivity index (χ4n) is 1.81. The normalized spacial score (nSPS) is 16.9. The zero-order valence-corrected chi connectivity index (χ0v) is 8.66. The fraction of sp³-hybridized carbons (Fsp3) is 0.364. The quantitative estimate of drug-likeness (QED) is 0.822. The van der Waals surface area contributed by atoms with Gasteiger partial charge in [0.1, 0.15) is 0 Å². The minimum Gasteiger partial charge on any atom is -0.504 e. The van der Waals surface area contributed by atoms with Crippen LogP contribution < -0.4 is 4.74 Å². The summed E-state index contributed by atoms with van der Waals surface area (Å²) in [5.41, 5.74) is -0.735. The van der Waals surface area contributed by atoms with E-state index in [2.05, 4.69) is 4.74 Å². The van der Waals surface area contributed by atoms with E-state index in [0.29, 0.717) is 12.8 Å². The van der Waals surface area contributed by atoms with Gasteiger partial charge < -0.3 is 14.9 Å². The lowest BCUT2D eigenvalue weighted by Crippen LogP contribution is -2.19. The van der Waals surface area contributed by atoms with Gasteiger partial charge in [0.05, 0.1) is 12.5 Å². The van der Waals surface area contributed by atoms with Gasteiger partial charge in [-0.2, -0.15) is 0 Å². The number of phenols is 1. The molecule has 16 heavy (non-hydrogen) atoms.